The number of rotatable bonds is 3. The number of aliphatic hydroxyl groups is 1. The van der Waals surface area contributed by atoms with Crippen molar-refractivity contribution in [1.82, 2.24) is 0 Å². The molecule has 0 unspecified atom stereocenters. The number of benzene rings is 1. The van der Waals surface area contributed by atoms with Crippen LogP contribution in [-0.4, -0.2) is 35.4 Å². The Morgan fingerprint density at radius 2 is 2.18 bits per heavy atom. The van der Waals surface area contributed by atoms with Gasteiger partial charge in [0, 0.05) is 19.0 Å². The first kappa shape index (κ1) is 11.9. The maximum absolute atomic E-state index is 11.1. The molecule has 1 aliphatic heterocycles. The smallest absolute Gasteiger partial charge is 0.337 e. The van der Waals surface area contributed by atoms with Crippen molar-refractivity contribution >= 4 is 11.7 Å². The van der Waals surface area contributed by atoms with Crippen LogP contribution in [0.2, 0.25) is 0 Å². The largest absolute Gasteiger partial charge is 0.478 e. The van der Waals surface area contributed by atoms with Crippen molar-refractivity contribution in [2.45, 2.75) is 19.4 Å². The van der Waals surface area contributed by atoms with Gasteiger partial charge in [0.2, 0.25) is 0 Å². The molecular weight excluding hydrogens is 218 g/mol. The molecule has 0 amide bonds. The number of hydrogen-bond donors (Lipinski definition) is 2. The van der Waals surface area contributed by atoms with E-state index in [-0.39, 0.29) is 12.0 Å². The van der Waals surface area contributed by atoms with Crippen molar-refractivity contribution in [3.8, 4) is 0 Å². The molecule has 1 aliphatic rings. The average Bonchev–Trinajstić information content (AvgIpc) is 2.78. The molecule has 0 bridgehead atoms. The highest BCUT2D eigenvalue weighted by atomic mass is 16.4. The van der Waals surface area contributed by atoms with Gasteiger partial charge in [-0.2, -0.15) is 0 Å². The van der Waals surface area contributed by atoms with Crippen LogP contribution in [0.3, 0.4) is 0 Å². The van der Waals surface area contributed by atoms with Gasteiger partial charge in [0.1, 0.15) is 0 Å². The van der Waals surface area contributed by atoms with Gasteiger partial charge in [0.05, 0.1) is 17.4 Å². The third kappa shape index (κ3) is 2.42. The number of aromatic carboxylic acids is 1. The summed E-state index contributed by atoms with van der Waals surface area (Å²) in [5.41, 5.74) is 1.09. The first-order valence-electron chi connectivity index (χ1n) is 5.85. The van der Waals surface area contributed by atoms with E-state index >= 15 is 0 Å². The van der Waals surface area contributed by atoms with Crippen molar-refractivity contribution in [2.24, 2.45) is 5.92 Å². The molecule has 0 spiro atoms. The summed E-state index contributed by atoms with van der Waals surface area (Å²) in [7, 11) is 0. The quantitative estimate of drug-likeness (QED) is 0.835. The van der Waals surface area contributed by atoms with Crippen LogP contribution in [0.5, 0.6) is 0 Å². The second kappa shape index (κ2) is 4.75. The molecule has 2 rings (SSSR count). The Bertz CT molecular complexity index is 417. The minimum atomic E-state index is -0.902. The summed E-state index contributed by atoms with van der Waals surface area (Å²) in [6, 6.07) is 7.02. The first-order valence-corrected chi connectivity index (χ1v) is 5.85. The lowest BCUT2D eigenvalue weighted by Gasteiger charge is -2.21. The Labute approximate surface area is 100 Å². The third-order valence-electron chi connectivity index (χ3n) is 3.38. The van der Waals surface area contributed by atoms with Gasteiger partial charge in [-0.1, -0.05) is 12.1 Å². The minimum absolute atomic E-state index is 0.233. The van der Waals surface area contributed by atoms with Crippen LogP contribution >= 0.6 is 0 Å². The van der Waals surface area contributed by atoms with Crippen LogP contribution < -0.4 is 4.90 Å². The second-order valence-corrected chi connectivity index (χ2v) is 4.56. The molecule has 0 saturated carbocycles. The monoisotopic (exact) mass is 235 g/mol. The molecule has 17 heavy (non-hydrogen) atoms. The Kier molecular flexibility index (Phi) is 3.33. The van der Waals surface area contributed by atoms with Gasteiger partial charge in [-0.15, -0.1) is 0 Å². The van der Waals surface area contributed by atoms with Crippen molar-refractivity contribution in [3.63, 3.8) is 0 Å². The maximum atomic E-state index is 11.1. The number of para-hydroxylation sites is 1. The molecule has 1 aromatic rings. The van der Waals surface area contributed by atoms with E-state index in [1.54, 1.807) is 19.1 Å². The molecule has 4 nitrogen and oxygen atoms in total. The van der Waals surface area contributed by atoms with E-state index in [0.717, 1.165) is 25.2 Å². The molecule has 1 saturated heterocycles. The summed E-state index contributed by atoms with van der Waals surface area (Å²) >= 11 is 0. The van der Waals surface area contributed by atoms with Gasteiger partial charge in [-0.05, 0) is 25.5 Å². The minimum Gasteiger partial charge on any atom is -0.478 e. The van der Waals surface area contributed by atoms with Crippen LogP contribution in [0.1, 0.15) is 23.7 Å². The van der Waals surface area contributed by atoms with E-state index in [9.17, 15) is 9.90 Å². The number of carboxylic acid groups (broad SMARTS) is 1. The van der Waals surface area contributed by atoms with Gasteiger partial charge in [0.15, 0.2) is 0 Å². The Hall–Kier alpha value is -1.55. The predicted octanol–water partition coefficient (Wildman–Crippen LogP) is 1.59. The topological polar surface area (TPSA) is 60.8 Å². The summed E-state index contributed by atoms with van der Waals surface area (Å²) in [5, 5.41) is 18.7. The summed E-state index contributed by atoms with van der Waals surface area (Å²) in [4.78, 5) is 13.2. The van der Waals surface area contributed by atoms with E-state index in [1.165, 1.54) is 0 Å². The van der Waals surface area contributed by atoms with Crippen LogP contribution in [0.4, 0.5) is 5.69 Å². The summed E-state index contributed by atoms with van der Waals surface area (Å²) in [5.74, 6) is -0.669. The molecule has 1 heterocycles. The lowest BCUT2D eigenvalue weighted by Crippen LogP contribution is -2.25. The Morgan fingerprint density at radius 3 is 2.76 bits per heavy atom. The van der Waals surface area contributed by atoms with E-state index in [4.69, 9.17) is 5.11 Å². The fourth-order valence-electron chi connectivity index (χ4n) is 2.33. The lowest BCUT2D eigenvalue weighted by atomic mass is 10.0. The highest BCUT2D eigenvalue weighted by Gasteiger charge is 2.28. The number of carbonyl (C=O) groups is 1. The van der Waals surface area contributed by atoms with E-state index in [2.05, 4.69) is 0 Å². The van der Waals surface area contributed by atoms with Gasteiger partial charge in [-0.25, -0.2) is 4.79 Å². The first-order chi connectivity index (χ1) is 8.09. The molecule has 1 fully saturated rings. The number of hydrogen-bond acceptors (Lipinski definition) is 3. The Balaban J connectivity index is 2.21. The van der Waals surface area contributed by atoms with Crippen molar-refractivity contribution in [2.75, 3.05) is 18.0 Å². The molecule has 0 aromatic heterocycles. The van der Waals surface area contributed by atoms with Gasteiger partial charge in [-0.3, -0.25) is 0 Å². The predicted molar refractivity (Wildman–Crippen MR) is 65.4 cm³/mol. The normalized spacial score (nSPS) is 21.5. The number of nitrogens with zero attached hydrogens (tertiary/aromatic N) is 1. The Morgan fingerprint density at radius 1 is 1.47 bits per heavy atom. The van der Waals surface area contributed by atoms with E-state index in [0.29, 0.717) is 5.56 Å². The van der Waals surface area contributed by atoms with Crippen LogP contribution in [0.25, 0.3) is 0 Å². The zero-order chi connectivity index (χ0) is 12.4. The maximum Gasteiger partial charge on any atom is 0.337 e. The number of anilines is 1. The highest BCUT2D eigenvalue weighted by molar-refractivity contribution is 5.94. The van der Waals surface area contributed by atoms with Crippen LogP contribution in [0, 0.1) is 5.92 Å². The SMILES string of the molecule is C[C@H](O)[C@H]1CCN(c2ccccc2C(=O)O)C1. The molecule has 92 valence electrons. The van der Waals surface area contributed by atoms with Gasteiger partial charge in [0.25, 0.3) is 0 Å². The zero-order valence-corrected chi connectivity index (χ0v) is 9.84. The highest BCUT2D eigenvalue weighted by Crippen LogP contribution is 2.28. The van der Waals surface area contributed by atoms with Crippen LogP contribution in [0.15, 0.2) is 24.3 Å². The van der Waals surface area contributed by atoms with Crippen molar-refractivity contribution in [1.29, 1.82) is 0 Å². The summed E-state index contributed by atoms with van der Waals surface area (Å²) < 4.78 is 0. The molecule has 2 atom stereocenters. The van der Waals surface area contributed by atoms with Crippen molar-refractivity contribution < 1.29 is 15.0 Å². The fourth-order valence-corrected chi connectivity index (χ4v) is 2.33. The molecular formula is C13H17NO3. The van der Waals surface area contributed by atoms with Crippen molar-refractivity contribution in [3.05, 3.63) is 29.8 Å². The fraction of sp³-hybridized carbons (Fsp3) is 0.462. The summed E-state index contributed by atoms with van der Waals surface area (Å²) in [6.07, 6.45) is 0.572. The van der Waals surface area contributed by atoms with E-state index in [1.807, 2.05) is 17.0 Å². The van der Waals surface area contributed by atoms with Gasteiger partial charge >= 0.3 is 5.97 Å². The third-order valence-corrected chi connectivity index (χ3v) is 3.38. The van der Waals surface area contributed by atoms with Gasteiger partial charge < -0.3 is 15.1 Å². The lowest BCUT2D eigenvalue weighted by molar-refractivity contribution is 0.0697. The molecule has 2 N–H and O–H groups in total. The zero-order valence-electron chi connectivity index (χ0n) is 9.84. The number of aliphatic hydroxyl groups excluding tert-OH is 1. The standard InChI is InChI=1S/C13H17NO3/c1-9(15)10-6-7-14(8-10)12-5-3-2-4-11(12)13(16)17/h2-5,9-10,15H,6-8H2,1H3,(H,16,17)/t9-,10-/m0/s1. The van der Waals surface area contributed by atoms with E-state index < -0.39 is 5.97 Å². The number of carboxylic acids is 1. The average molecular weight is 235 g/mol. The molecule has 0 aliphatic carbocycles. The molecule has 4 heteroatoms. The second-order valence-electron chi connectivity index (χ2n) is 4.56. The summed E-state index contributed by atoms with van der Waals surface area (Å²) in [6.45, 7) is 3.32. The molecule has 1 aromatic carbocycles. The van der Waals surface area contributed by atoms with Crippen LogP contribution in [-0.2, 0) is 0 Å². The molecule has 0 radical (unpaired) electrons.